The summed E-state index contributed by atoms with van der Waals surface area (Å²) in [5.74, 6) is -0.733. The lowest BCUT2D eigenvalue weighted by Crippen LogP contribution is -2.70. The van der Waals surface area contributed by atoms with Crippen molar-refractivity contribution in [2.75, 3.05) is 26.3 Å². The highest BCUT2D eigenvalue weighted by Gasteiger charge is 2.52. The summed E-state index contributed by atoms with van der Waals surface area (Å²) in [7, 11) is 0. The standard InChI is InChI=1S/C7H11NO3/c9-6(10)7(4-11-5-7)8-2-1-3-8/h1-5H2,(H,9,10). The zero-order chi connectivity index (χ0) is 7.90. The predicted octanol–water partition coefficient (Wildman–Crippen LogP) is -0.454. The molecule has 0 spiro atoms. The highest BCUT2D eigenvalue weighted by molar-refractivity contribution is 5.80. The molecule has 0 aromatic heterocycles. The van der Waals surface area contributed by atoms with Crippen LogP contribution in [-0.2, 0) is 9.53 Å². The van der Waals surface area contributed by atoms with Crippen LogP contribution in [0.25, 0.3) is 0 Å². The Hall–Kier alpha value is -0.610. The van der Waals surface area contributed by atoms with Gasteiger partial charge in [-0.05, 0) is 6.42 Å². The molecule has 62 valence electrons. The summed E-state index contributed by atoms with van der Waals surface area (Å²) in [5.41, 5.74) is -0.655. The Morgan fingerprint density at radius 1 is 1.45 bits per heavy atom. The van der Waals surface area contributed by atoms with Crippen molar-refractivity contribution in [3.05, 3.63) is 0 Å². The lowest BCUT2D eigenvalue weighted by atomic mass is 9.91. The zero-order valence-corrected chi connectivity index (χ0v) is 6.25. The summed E-state index contributed by atoms with van der Waals surface area (Å²) in [6.45, 7) is 2.55. The van der Waals surface area contributed by atoms with Crippen molar-refractivity contribution in [2.24, 2.45) is 0 Å². The summed E-state index contributed by atoms with van der Waals surface area (Å²) in [6.07, 6.45) is 1.12. The Bertz CT molecular complexity index is 184. The van der Waals surface area contributed by atoms with Gasteiger partial charge in [0, 0.05) is 13.1 Å². The molecule has 0 aromatic rings. The Morgan fingerprint density at radius 2 is 2.09 bits per heavy atom. The largest absolute Gasteiger partial charge is 0.480 e. The summed E-state index contributed by atoms with van der Waals surface area (Å²) in [6, 6.07) is 0. The van der Waals surface area contributed by atoms with E-state index in [4.69, 9.17) is 9.84 Å². The van der Waals surface area contributed by atoms with E-state index < -0.39 is 11.5 Å². The molecule has 0 aliphatic carbocycles. The molecular weight excluding hydrogens is 146 g/mol. The molecule has 0 bridgehead atoms. The summed E-state index contributed by atoms with van der Waals surface area (Å²) >= 11 is 0. The van der Waals surface area contributed by atoms with E-state index >= 15 is 0 Å². The first kappa shape index (κ1) is 7.06. The van der Waals surface area contributed by atoms with Gasteiger partial charge in [0.15, 0.2) is 5.54 Å². The zero-order valence-electron chi connectivity index (χ0n) is 6.25. The first-order chi connectivity index (χ1) is 5.26. The number of nitrogens with zero attached hydrogens (tertiary/aromatic N) is 1. The highest BCUT2D eigenvalue weighted by atomic mass is 16.5. The average Bonchev–Trinajstić information content (AvgIpc) is 1.71. The van der Waals surface area contributed by atoms with Crippen LogP contribution >= 0.6 is 0 Å². The third-order valence-electron chi connectivity index (χ3n) is 2.54. The molecule has 2 aliphatic heterocycles. The van der Waals surface area contributed by atoms with Gasteiger partial charge >= 0.3 is 5.97 Å². The molecule has 0 atom stereocenters. The number of ether oxygens (including phenoxy) is 1. The summed E-state index contributed by atoms with van der Waals surface area (Å²) in [5, 5.41) is 8.90. The maximum Gasteiger partial charge on any atom is 0.328 e. The molecule has 2 aliphatic rings. The van der Waals surface area contributed by atoms with Crippen LogP contribution in [0.1, 0.15) is 6.42 Å². The molecule has 0 unspecified atom stereocenters. The Kier molecular flexibility index (Phi) is 1.40. The highest BCUT2D eigenvalue weighted by Crippen LogP contribution is 2.29. The molecule has 1 N–H and O–H groups in total. The Morgan fingerprint density at radius 3 is 2.18 bits per heavy atom. The van der Waals surface area contributed by atoms with Gasteiger partial charge < -0.3 is 9.84 Å². The van der Waals surface area contributed by atoms with Crippen molar-refractivity contribution in [2.45, 2.75) is 12.0 Å². The lowest BCUT2D eigenvalue weighted by Gasteiger charge is -2.50. The molecule has 4 nitrogen and oxygen atoms in total. The maximum atomic E-state index is 10.8. The molecule has 2 saturated heterocycles. The van der Waals surface area contributed by atoms with Crippen molar-refractivity contribution in [1.29, 1.82) is 0 Å². The van der Waals surface area contributed by atoms with Gasteiger partial charge in [0.05, 0.1) is 13.2 Å². The van der Waals surface area contributed by atoms with Crippen LogP contribution in [-0.4, -0.2) is 47.8 Å². The average molecular weight is 157 g/mol. The summed E-state index contributed by atoms with van der Waals surface area (Å²) < 4.78 is 4.93. The number of carboxylic acid groups (broad SMARTS) is 1. The fourth-order valence-corrected chi connectivity index (χ4v) is 1.48. The van der Waals surface area contributed by atoms with Crippen molar-refractivity contribution < 1.29 is 14.6 Å². The predicted molar refractivity (Wildman–Crippen MR) is 37.4 cm³/mol. The number of aliphatic carboxylic acids is 1. The van der Waals surface area contributed by atoms with E-state index in [1.54, 1.807) is 0 Å². The minimum Gasteiger partial charge on any atom is -0.480 e. The third kappa shape index (κ3) is 0.795. The number of hydrogen-bond acceptors (Lipinski definition) is 3. The lowest BCUT2D eigenvalue weighted by molar-refractivity contribution is -0.195. The van der Waals surface area contributed by atoms with Crippen LogP contribution in [0.5, 0.6) is 0 Å². The molecule has 0 aromatic carbocycles. The van der Waals surface area contributed by atoms with Crippen LogP contribution in [0.15, 0.2) is 0 Å². The maximum absolute atomic E-state index is 10.8. The quantitative estimate of drug-likeness (QED) is 0.589. The fraction of sp³-hybridized carbons (Fsp3) is 0.857. The first-order valence-corrected chi connectivity index (χ1v) is 3.82. The Labute approximate surface area is 64.7 Å². The van der Waals surface area contributed by atoms with Crippen molar-refractivity contribution in [1.82, 2.24) is 4.90 Å². The number of likely N-dealkylation sites (tertiary alicyclic amines) is 1. The van der Waals surface area contributed by atoms with Gasteiger partial charge in [-0.15, -0.1) is 0 Å². The van der Waals surface area contributed by atoms with Crippen molar-refractivity contribution in [3.8, 4) is 0 Å². The molecule has 4 heteroatoms. The second-order valence-corrected chi connectivity index (χ2v) is 3.17. The molecule has 0 radical (unpaired) electrons. The van der Waals surface area contributed by atoms with Gasteiger partial charge in [-0.2, -0.15) is 0 Å². The minimum absolute atomic E-state index is 0.363. The van der Waals surface area contributed by atoms with Gasteiger partial charge in [-0.3, -0.25) is 9.69 Å². The number of rotatable bonds is 2. The van der Waals surface area contributed by atoms with E-state index in [9.17, 15) is 4.79 Å². The van der Waals surface area contributed by atoms with Crippen molar-refractivity contribution >= 4 is 5.97 Å². The van der Waals surface area contributed by atoms with E-state index in [1.807, 2.05) is 4.90 Å². The molecule has 0 saturated carbocycles. The van der Waals surface area contributed by atoms with E-state index in [0.29, 0.717) is 13.2 Å². The second-order valence-electron chi connectivity index (χ2n) is 3.17. The minimum atomic E-state index is -0.733. The van der Waals surface area contributed by atoms with Gasteiger partial charge in [0.2, 0.25) is 0 Å². The van der Waals surface area contributed by atoms with E-state index in [0.717, 1.165) is 19.5 Å². The molecule has 2 rings (SSSR count). The van der Waals surface area contributed by atoms with Crippen LogP contribution in [0.3, 0.4) is 0 Å². The first-order valence-electron chi connectivity index (χ1n) is 3.82. The third-order valence-corrected chi connectivity index (χ3v) is 2.54. The molecule has 2 fully saturated rings. The van der Waals surface area contributed by atoms with Gasteiger partial charge in [0.25, 0.3) is 0 Å². The second kappa shape index (κ2) is 2.19. The normalized spacial score (nSPS) is 28.7. The number of hydrogen-bond donors (Lipinski definition) is 1. The number of carboxylic acids is 1. The SMILES string of the molecule is O=C(O)C1(N2CCC2)COC1. The van der Waals surface area contributed by atoms with Gasteiger partial charge in [-0.1, -0.05) is 0 Å². The number of carbonyl (C=O) groups is 1. The van der Waals surface area contributed by atoms with Crippen molar-refractivity contribution in [3.63, 3.8) is 0 Å². The molecule has 0 amide bonds. The van der Waals surface area contributed by atoms with E-state index in [2.05, 4.69) is 0 Å². The van der Waals surface area contributed by atoms with Crippen LogP contribution in [0.4, 0.5) is 0 Å². The van der Waals surface area contributed by atoms with Crippen LogP contribution in [0, 0.1) is 0 Å². The Balaban J connectivity index is 2.09. The van der Waals surface area contributed by atoms with Gasteiger partial charge in [0.1, 0.15) is 0 Å². The molecule has 2 heterocycles. The summed E-state index contributed by atoms with van der Waals surface area (Å²) in [4.78, 5) is 12.8. The molecular formula is C7H11NO3. The fourth-order valence-electron chi connectivity index (χ4n) is 1.48. The smallest absolute Gasteiger partial charge is 0.328 e. The van der Waals surface area contributed by atoms with Crippen LogP contribution < -0.4 is 0 Å². The van der Waals surface area contributed by atoms with Crippen LogP contribution in [0.2, 0.25) is 0 Å². The van der Waals surface area contributed by atoms with Gasteiger partial charge in [-0.25, -0.2) is 0 Å². The van der Waals surface area contributed by atoms with E-state index in [-0.39, 0.29) is 0 Å². The molecule has 11 heavy (non-hydrogen) atoms. The monoisotopic (exact) mass is 157 g/mol. The topological polar surface area (TPSA) is 49.8 Å². The van der Waals surface area contributed by atoms with E-state index in [1.165, 1.54) is 0 Å².